The third-order valence-corrected chi connectivity index (χ3v) is 7.70. The van der Waals surface area contributed by atoms with Crippen molar-refractivity contribution in [3.8, 4) is 11.1 Å². The van der Waals surface area contributed by atoms with E-state index in [0.29, 0.717) is 18.8 Å². The maximum absolute atomic E-state index is 13.8. The Morgan fingerprint density at radius 3 is 2.46 bits per heavy atom. The molecule has 37 heavy (non-hydrogen) atoms. The molecular formula is C30H28N4O3. The number of anilines is 1. The Labute approximate surface area is 215 Å². The van der Waals surface area contributed by atoms with Gasteiger partial charge in [-0.1, -0.05) is 54.6 Å². The highest BCUT2D eigenvalue weighted by Gasteiger charge is 2.55. The minimum absolute atomic E-state index is 0.0808. The number of benzene rings is 2. The first-order chi connectivity index (χ1) is 18.1. The molecule has 186 valence electrons. The third kappa shape index (κ3) is 4.26. The van der Waals surface area contributed by atoms with E-state index in [-0.39, 0.29) is 36.1 Å². The number of aliphatic hydroxyl groups is 1. The molecule has 2 N–H and O–H groups in total. The number of hydrogen-bond donors (Lipinski definition) is 2. The Bertz CT molecular complexity index is 1450. The van der Waals surface area contributed by atoms with Crippen LogP contribution in [-0.4, -0.2) is 38.1 Å². The third-order valence-electron chi connectivity index (χ3n) is 7.70. The number of pyridine rings is 2. The standard InChI is InChI=1S/C30H28N4O3/c35-19-24-26-18-33-25(9-4-10-27(33)36)29(34(26)17-20-6-5-15-31-16-20)28(24)30(37)32-23-13-11-22(12-14-23)21-7-2-1-3-8-21/h1-16,24,26,28-29,35H,17-19H2,(H,32,37)/t24-,26-,28+,29+/m0/s1. The lowest BCUT2D eigenvalue weighted by molar-refractivity contribution is -0.122. The number of aromatic nitrogens is 2. The molecule has 4 atom stereocenters. The summed E-state index contributed by atoms with van der Waals surface area (Å²) in [5.41, 5.74) is 4.63. The smallest absolute Gasteiger partial charge is 0.250 e. The summed E-state index contributed by atoms with van der Waals surface area (Å²) < 4.78 is 1.76. The predicted molar refractivity (Wildman–Crippen MR) is 142 cm³/mol. The summed E-state index contributed by atoms with van der Waals surface area (Å²) in [5, 5.41) is 13.6. The van der Waals surface area contributed by atoms with E-state index in [9.17, 15) is 14.7 Å². The van der Waals surface area contributed by atoms with Gasteiger partial charge in [-0.3, -0.25) is 19.5 Å². The van der Waals surface area contributed by atoms with Crippen LogP contribution >= 0.6 is 0 Å². The molecule has 1 amide bonds. The monoisotopic (exact) mass is 492 g/mol. The topological polar surface area (TPSA) is 87.5 Å². The molecule has 0 saturated carbocycles. The van der Waals surface area contributed by atoms with Gasteiger partial charge in [0.2, 0.25) is 5.91 Å². The molecule has 0 spiro atoms. The summed E-state index contributed by atoms with van der Waals surface area (Å²) in [6, 6.07) is 26.5. The molecule has 2 aliphatic heterocycles. The van der Waals surface area contributed by atoms with Crippen molar-refractivity contribution in [1.82, 2.24) is 14.5 Å². The lowest BCUT2D eigenvalue weighted by Crippen LogP contribution is -2.45. The normalized spacial score (nSPS) is 22.4. The van der Waals surface area contributed by atoms with Crippen LogP contribution in [0.5, 0.6) is 0 Å². The Morgan fingerprint density at radius 2 is 1.73 bits per heavy atom. The number of carbonyl (C=O) groups excluding carboxylic acids is 1. The molecule has 0 aliphatic carbocycles. The van der Waals surface area contributed by atoms with E-state index in [4.69, 9.17) is 0 Å². The second-order valence-corrected chi connectivity index (χ2v) is 9.75. The Balaban J connectivity index is 1.33. The molecule has 2 aliphatic rings. The quantitative estimate of drug-likeness (QED) is 0.429. The van der Waals surface area contributed by atoms with E-state index in [1.165, 1.54) is 0 Å². The maximum Gasteiger partial charge on any atom is 0.250 e. The number of fused-ring (bicyclic) bond motifs is 4. The molecule has 2 bridgehead atoms. The van der Waals surface area contributed by atoms with E-state index in [1.54, 1.807) is 22.9 Å². The van der Waals surface area contributed by atoms with Gasteiger partial charge in [-0.15, -0.1) is 0 Å². The van der Waals surface area contributed by atoms with E-state index in [1.807, 2.05) is 66.9 Å². The largest absolute Gasteiger partial charge is 0.396 e. The van der Waals surface area contributed by atoms with Crippen molar-refractivity contribution in [1.29, 1.82) is 0 Å². The summed E-state index contributed by atoms with van der Waals surface area (Å²) in [6.45, 7) is 0.878. The van der Waals surface area contributed by atoms with Crippen molar-refractivity contribution in [2.24, 2.45) is 11.8 Å². The summed E-state index contributed by atoms with van der Waals surface area (Å²) in [5.74, 6) is -0.986. The first-order valence-electron chi connectivity index (χ1n) is 12.6. The van der Waals surface area contributed by atoms with Gasteiger partial charge < -0.3 is 15.0 Å². The van der Waals surface area contributed by atoms with E-state index >= 15 is 0 Å². The Kier molecular flexibility index (Phi) is 6.16. The van der Waals surface area contributed by atoms with Gasteiger partial charge >= 0.3 is 0 Å². The molecule has 1 fully saturated rings. The maximum atomic E-state index is 13.8. The fourth-order valence-electron chi connectivity index (χ4n) is 6.00. The molecule has 2 aromatic heterocycles. The first kappa shape index (κ1) is 23.3. The van der Waals surface area contributed by atoms with Gasteiger partial charge in [0, 0.05) is 61.5 Å². The van der Waals surface area contributed by atoms with E-state index in [0.717, 1.165) is 22.4 Å². The van der Waals surface area contributed by atoms with Crippen molar-refractivity contribution < 1.29 is 9.90 Å². The predicted octanol–water partition coefficient (Wildman–Crippen LogP) is 3.71. The fourth-order valence-corrected chi connectivity index (χ4v) is 6.00. The van der Waals surface area contributed by atoms with Crippen molar-refractivity contribution >= 4 is 11.6 Å². The highest BCUT2D eigenvalue weighted by Crippen LogP contribution is 2.49. The summed E-state index contributed by atoms with van der Waals surface area (Å²) >= 11 is 0. The first-order valence-corrected chi connectivity index (χ1v) is 12.6. The van der Waals surface area contributed by atoms with Crippen LogP contribution in [0.15, 0.2) is 102 Å². The van der Waals surface area contributed by atoms with Gasteiger partial charge in [-0.25, -0.2) is 0 Å². The van der Waals surface area contributed by atoms with Crippen molar-refractivity contribution in [2.45, 2.75) is 25.2 Å². The van der Waals surface area contributed by atoms with Crippen LogP contribution in [0.2, 0.25) is 0 Å². The van der Waals surface area contributed by atoms with Gasteiger partial charge in [0.1, 0.15) is 0 Å². The molecule has 0 radical (unpaired) electrons. The highest BCUT2D eigenvalue weighted by molar-refractivity contribution is 5.94. The molecular weight excluding hydrogens is 464 g/mol. The molecule has 4 aromatic rings. The molecule has 2 aromatic carbocycles. The lowest BCUT2D eigenvalue weighted by atomic mass is 9.86. The Morgan fingerprint density at radius 1 is 0.946 bits per heavy atom. The van der Waals surface area contributed by atoms with Gasteiger partial charge in [0.25, 0.3) is 5.56 Å². The minimum atomic E-state index is -0.518. The van der Waals surface area contributed by atoms with Crippen molar-refractivity contribution in [3.05, 3.63) is 119 Å². The SMILES string of the molecule is O=C(Nc1ccc(-c2ccccc2)cc1)[C@@H]1[C@@H](CO)[C@@H]2Cn3c(cccc3=O)[C@H]1N2Cc1cccnc1. The van der Waals surface area contributed by atoms with Crippen LogP contribution in [0.4, 0.5) is 5.69 Å². The average Bonchev–Trinajstić information content (AvgIpc) is 3.14. The van der Waals surface area contributed by atoms with E-state index in [2.05, 4.69) is 27.3 Å². The van der Waals surface area contributed by atoms with Crippen LogP contribution in [-0.2, 0) is 17.9 Å². The average molecular weight is 493 g/mol. The number of carbonyl (C=O) groups is 1. The summed E-state index contributed by atoms with van der Waals surface area (Å²) in [6.07, 6.45) is 3.56. The summed E-state index contributed by atoms with van der Waals surface area (Å²) in [4.78, 5) is 33.1. The lowest BCUT2D eigenvalue weighted by Gasteiger charge is -2.38. The van der Waals surface area contributed by atoms with Crippen molar-refractivity contribution in [2.75, 3.05) is 11.9 Å². The minimum Gasteiger partial charge on any atom is -0.396 e. The fraction of sp³-hybridized carbons (Fsp3) is 0.233. The zero-order chi connectivity index (χ0) is 25.4. The van der Waals surface area contributed by atoms with Gasteiger partial charge in [-0.2, -0.15) is 0 Å². The molecule has 0 unspecified atom stereocenters. The second-order valence-electron chi connectivity index (χ2n) is 9.75. The molecule has 4 heterocycles. The van der Waals surface area contributed by atoms with Gasteiger partial charge in [0.05, 0.1) is 12.0 Å². The van der Waals surface area contributed by atoms with Gasteiger partial charge in [-0.05, 0) is 41.0 Å². The zero-order valence-corrected chi connectivity index (χ0v) is 20.3. The molecule has 1 saturated heterocycles. The van der Waals surface area contributed by atoms with Crippen molar-refractivity contribution in [3.63, 3.8) is 0 Å². The van der Waals surface area contributed by atoms with Crippen LogP contribution < -0.4 is 10.9 Å². The number of rotatable bonds is 6. The number of nitrogens with one attached hydrogen (secondary N) is 1. The molecule has 7 nitrogen and oxygen atoms in total. The van der Waals surface area contributed by atoms with Crippen LogP contribution in [0.1, 0.15) is 17.3 Å². The summed E-state index contributed by atoms with van der Waals surface area (Å²) in [7, 11) is 0. The van der Waals surface area contributed by atoms with Crippen LogP contribution in [0.3, 0.4) is 0 Å². The zero-order valence-electron chi connectivity index (χ0n) is 20.3. The highest BCUT2D eigenvalue weighted by atomic mass is 16.3. The van der Waals surface area contributed by atoms with Gasteiger partial charge in [0.15, 0.2) is 0 Å². The number of hydrogen-bond acceptors (Lipinski definition) is 5. The van der Waals surface area contributed by atoms with E-state index < -0.39 is 5.92 Å². The number of nitrogens with zero attached hydrogens (tertiary/aromatic N) is 3. The Hall–Kier alpha value is -4.07. The molecule has 6 rings (SSSR count). The van der Waals surface area contributed by atoms with Crippen LogP contribution in [0, 0.1) is 11.8 Å². The number of amides is 1. The second kappa shape index (κ2) is 9.76. The number of aliphatic hydroxyl groups excluding tert-OH is 1. The van der Waals surface area contributed by atoms with Crippen LogP contribution in [0.25, 0.3) is 11.1 Å². The molecule has 7 heteroatoms.